The van der Waals surface area contributed by atoms with E-state index in [-0.39, 0.29) is 43.2 Å². The van der Waals surface area contributed by atoms with Gasteiger partial charge in [-0.05, 0) is 18.2 Å². The van der Waals surface area contributed by atoms with Gasteiger partial charge in [0.15, 0.2) is 0 Å². The summed E-state index contributed by atoms with van der Waals surface area (Å²) in [5, 5.41) is 8.97. The summed E-state index contributed by atoms with van der Waals surface area (Å²) >= 11 is 5.91. The Kier molecular flexibility index (Phi) is 8.84. The number of benzene rings is 1. The van der Waals surface area contributed by atoms with E-state index in [1.165, 1.54) is 7.11 Å². The van der Waals surface area contributed by atoms with Crippen molar-refractivity contribution in [3.05, 3.63) is 23.2 Å². The van der Waals surface area contributed by atoms with Crippen LogP contribution < -0.4 is 20.7 Å². The lowest BCUT2D eigenvalue weighted by atomic mass is 10.2. The van der Waals surface area contributed by atoms with Crippen molar-refractivity contribution in [2.45, 2.75) is 12.5 Å². The van der Waals surface area contributed by atoms with Gasteiger partial charge in [0, 0.05) is 24.5 Å². The van der Waals surface area contributed by atoms with Gasteiger partial charge in [0.25, 0.3) is 0 Å². The predicted octanol–water partition coefficient (Wildman–Crippen LogP) is 1.20. The predicted molar refractivity (Wildman–Crippen MR) is 94.1 cm³/mol. The number of anilines is 1. The van der Waals surface area contributed by atoms with Crippen LogP contribution in [0.4, 0.5) is 5.69 Å². The Labute approximate surface area is 151 Å². The fourth-order valence-electron chi connectivity index (χ4n) is 2.15. The van der Waals surface area contributed by atoms with Crippen molar-refractivity contribution < 1.29 is 19.1 Å². The molecule has 134 valence electrons. The van der Waals surface area contributed by atoms with Crippen LogP contribution in [0.1, 0.15) is 6.42 Å². The third kappa shape index (κ3) is 6.16. The number of methoxy groups -OCH3 is 1. The quantitative estimate of drug-likeness (QED) is 0.693. The maximum absolute atomic E-state index is 11.9. The van der Waals surface area contributed by atoms with Crippen molar-refractivity contribution in [2.75, 3.05) is 38.7 Å². The monoisotopic (exact) mass is 377 g/mol. The maximum atomic E-state index is 11.9. The molecule has 2 amide bonds. The van der Waals surface area contributed by atoms with Crippen molar-refractivity contribution in [1.82, 2.24) is 10.6 Å². The van der Waals surface area contributed by atoms with Gasteiger partial charge in [0.1, 0.15) is 11.8 Å². The minimum absolute atomic E-state index is 0. The summed E-state index contributed by atoms with van der Waals surface area (Å²) in [6.45, 7) is 1.84. The molecule has 0 saturated carbocycles. The summed E-state index contributed by atoms with van der Waals surface area (Å²) in [7, 11) is 1.51. The van der Waals surface area contributed by atoms with Gasteiger partial charge in [0.2, 0.25) is 11.8 Å². The number of hydrogen-bond donors (Lipinski definition) is 3. The van der Waals surface area contributed by atoms with Crippen molar-refractivity contribution in [2.24, 2.45) is 0 Å². The van der Waals surface area contributed by atoms with Gasteiger partial charge in [-0.2, -0.15) is 0 Å². The molecule has 3 N–H and O–H groups in total. The van der Waals surface area contributed by atoms with Gasteiger partial charge in [-0.15, -0.1) is 12.4 Å². The summed E-state index contributed by atoms with van der Waals surface area (Å²) in [4.78, 5) is 23.8. The third-order valence-electron chi connectivity index (χ3n) is 3.33. The Morgan fingerprint density at radius 1 is 1.46 bits per heavy atom. The van der Waals surface area contributed by atoms with Crippen LogP contribution >= 0.6 is 24.0 Å². The van der Waals surface area contributed by atoms with Crippen LogP contribution in [0.25, 0.3) is 0 Å². The number of amides is 2. The van der Waals surface area contributed by atoms with Gasteiger partial charge >= 0.3 is 0 Å². The molecule has 1 saturated heterocycles. The Bertz CT molecular complexity index is 566. The summed E-state index contributed by atoms with van der Waals surface area (Å²) < 4.78 is 10.4. The topological polar surface area (TPSA) is 88.7 Å². The van der Waals surface area contributed by atoms with Crippen LogP contribution in [0.2, 0.25) is 5.02 Å². The maximum Gasteiger partial charge on any atom is 0.239 e. The van der Waals surface area contributed by atoms with E-state index in [0.29, 0.717) is 36.2 Å². The SMILES string of the molecule is COc1ccc(Cl)cc1NC(=O)CCNC(=O)C1COCCN1.Cl. The van der Waals surface area contributed by atoms with Crippen LogP contribution in [0.5, 0.6) is 5.75 Å². The summed E-state index contributed by atoms with van der Waals surface area (Å²) in [6, 6.07) is 4.60. The zero-order valence-electron chi connectivity index (χ0n) is 13.3. The Morgan fingerprint density at radius 3 is 2.92 bits per heavy atom. The van der Waals surface area contributed by atoms with Crippen molar-refractivity contribution in [3.8, 4) is 5.75 Å². The van der Waals surface area contributed by atoms with E-state index in [0.717, 1.165) is 0 Å². The van der Waals surface area contributed by atoms with Crippen LogP contribution in [0, 0.1) is 0 Å². The van der Waals surface area contributed by atoms with Crippen molar-refractivity contribution in [3.63, 3.8) is 0 Å². The molecule has 1 atom stereocenters. The summed E-state index contributed by atoms with van der Waals surface area (Å²) in [5.74, 6) is 0.117. The fourth-order valence-corrected chi connectivity index (χ4v) is 2.32. The number of hydrogen-bond acceptors (Lipinski definition) is 5. The highest BCUT2D eigenvalue weighted by atomic mass is 35.5. The van der Waals surface area contributed by atoms with Crippen LogP contribution in [0.15, 0.2) is 18.2 Å². The third-order valence-corrected chi connectivity index (χ3v) is 3.56. The van der Waals surface area contributed by atoms with E-state index < -0.39 is 0 Å². The highest BCUT2D eigenvalue weighted by Gasteiger charge is 2.20. The standard InChI is InChI=1S/C15H20ClN3O4.ClH/c1-22-13-3-2-10(16)8-11(13)19-14(20)4-5-18-15(21)12-9-23-7-6-17-12;/h2-3,8,12,17H,4-7,9H2,1H3,(H,18,21)(H,19,20);1H. The molecular weight excluding hydrogens is 357 g/mol. The number of carbonyl (C=O) groups is 2. The molecule has 0 aromatic heterocycles. The first-order chi connectivity index (χ1) is 11.1. The van der Waals surface area contributed by atoms with Crippen molar-refractivity contribution >= 4 is 41.5 Å². The molecule has 2 rings (SSSR count). The van der Waals surface area contributed by atoms with Crippen LogP contribution in [-0.4, -0.2) is 51.3 Å². The summed E-state index contributed by atoms with van der Waals surface area (Å²) in [5.41, 5.74) is 0.499. The normalized spacial score (nSPS) is 16.7. The molecule has 1 aliphatic rings. The number of ether oxygens (including phenoxy) is 2. The molecule has 1 aromatic carbocycles. The van der Waals surface area contributed by atoms with Gasteiger partial charge in [-0.25, -0.2) is 0 Å². The lowest BCUT2D eigenvalue weighted by molar-refractivity contribution is -0.126. The second-order valence-electron chi connectivity index (χ2n) is 5.02. The molecule has 1 unspecified atom stereocenters. The van der Waals surface area contributed by atoms with Crippen molar-refractivity contribution in [1.29, 1.82) is 0 Å². The molecule has 9 heteroatoms. The zero-order chi connectivity index (χ0) is 16.7. The Balaban J connectivity index is 0.00000288. The second kappa shape index (κ2) is 10.4. The molecule has 24 heavy (non-hydrogen) atoms. The average molecular weight is 378 g/mol. The van der Waals surface area contributed by atoms with Crippen LogP contribution in [-0.2, 0) is 14.3 Å². The smallest absolute Gasteiger partial charge is 0.239 e. The molecular formula is C15H21Cl2N3O4. The summed E-state index contributed by atoms with van der Waals surface area (Å²) in [6.07, 6.45) is 0.148. The van der Waals surface area contributed by atoms with Gasteiger partial charge in [-0.1, -0.05) is 11.6 Å². The molecule has 1 aromatic rings. The lowest BCUT2D eigenvalue weighted by Gasteiger charge is -2.22. The molecule has 0 radical (unpaired) electrons. The van der Waals surface area contributed by atoms with E-state index in [9.17, 15) is 9.59 Å². The van der Waals surface area contributed by atoms with E-state index in [4.69, 9.17) is 21.1 Å². The van der Waals surface area contributed by atoms with Crippen LogP contribution in [0.3, 0.4) is 0 Å². The van der Waals surface area contributed by atoms with E-state index in [1.807, 2.05) is 0 Å². The Hall–Kier alpha value is -1.54. The van der Waals surface area contributed by atoms with E-state index in [1.54, 1.807) is 18.2 Å². The number of nitrogens with one attached hydrogen (secondary N) is 3. The molecule has 1 fully saturated rings. The number of rotatable bonds is 6. The molecule has 7 nitrogen and oxygen atoms in total. The molecule has 1 heterocycles. The minimum Gasteiger partial charge on any atom is -0.495 e. The first-order valence-corrected chi connectivity index (χ1v) is 7.70. The molecule has 1 aliphatic heterocycles. The Morgan fingerprint density at radius 2 is 2.25 bits per heavy atom. The van der Waals surface area contributed by atoms with Gasteiger partial charge in [0.05, 0.1) is 26.0 Å². The number of morpholine rings is 1. The highest BCUT2D eigenvalue weighted by molar-refractivity contribution is 6.31. The molecule has 0 bridgehead atoms. The second-order valence-corrected chi connectivity index (χ2v) is 5.45. The van der Waals surface area contributed by atoms with Gasteiger partial charge in [-0.3, -0.25) is 9.59 Å². The molecule has 0 aliphatic carbocycles. The first kappa shape index (κ1) is 20.5. The van der Waals surface area contributed by atoms with E-state index >= 15 is 0 Å². The van der Waals surface area contributed by atoms with E-state index in [2.05, 4.69) is 16.0 Å². The minimum atomic E-state index is -0.361. The number of halogens is 2. The fraction of sp³-hybridized carbons (Fsp3) is 0.467. The lowest BCUT2D eigenvalue weighted by Crippen LogP contribution is -2.51. The zero-order valence-corrected chi connectivity index (χ0v) is 14.8. The largest absolute Gasteiger partial charge is 0.495 e. The average Bonchev–Trinajstić information content (AvgIpc) is 2.56. The number of carbonyl (C=O) groups excluding carboxylic acids is 2. The molecule has 0 spiro atoms. The highest BCUT2D eigenvalue weighted by Crippen LogP contribution is 2.27. The van der Waals surface area contributed by atoms with Gasteiger partial charge < -0.3 is 25.4 Å². The first-order valence-electron chi connectivity index (χ1n) is 7.32.